The minimum atomic E-state index is -2.33. The molecule has 0 saturated heterocycles. The summed E-state index contributed by atoms with van der Waals surface area (Å²) in [5.41, 5.74) is 0. The molecule has 0 amide bonds. The van der Waals surface area contributed by atoms with Crippen LogP contribution in [-0.2, 0) is 9.59 Å². The molecule has 0 spiro atoms. The average molecular weight is 289 g/mol. The molecule has 0 aliphatic carbocycles. The van der Waals surface area contributed by atoms with E-state index in [0.29, 0.717) is 0 Å². The Morgan fingerprint density at radius 1 is 1.00 bits per heavy atom. The summed E-state index contributed by atoms with van der Waals surface area (Å²) in [7, 11) is 0. The van der Waals surface area contributed by atoms with Crippen molar-refractivity contribution in [2.45, 2.75) is 0 Å². The molecule has 0 saturated carbocycles. The van der Waals surface area contributed by atoms with Crippen LogP contribution in [0, 0.1) is 41.7 Å². The van der Waals surface area contributed by atoms with E-state index >= 15 is 0 Å². The van der Waals surface area contributed by atoms with E-state index < -0.39 is 18.1 Å². The summed E-state index contributed by atoms with van der Waals surface area (Å²) in [5, 5.41) is 33.0. The number of aliphatic carboxylic acids is 2. The van der Waals surface area contributed by atoms with Crippen LogP contribution in [0.15, 0.2) is 0 Å². The molecule has 0 aromatic heterocycles. The van der Waals surface area contributed by atoms with Gasteiger partial charge in [0.15, 0.2) is 5.97 Å². The third-order valence-corrected chi connectivity index (χ3v) is 0.175. The third-order valence-electron chi connectivity index (χ3n) is 0.175. The van der Waals surface area contributed by atoms with Gasteiger partial charge in [-0.15, -0.1) is 0 Å². The maximum Gasteiger partial charge on any atom is 3.00 e. The first kappa shape index (κ1) is 16.9. The van der Waals surface area contributed by atoms with Crippen LogP contribution >= 0.6 is 0 Å². The maximum atomic E-state index is 9.04. The Bertz CT molecular complexity index is 136. The van der Waals surface area contributed by atoms with Gasteiger partial charge in [-0.1, -0.05) is 0 Å². The van der Waals surface area contributed by atoms with Crippen LogP contribution in [0.2, 0.25) is 0 Å². The molecule has 0 atom stereocenters. The Hall–Kier alpha value is -0.413. The number of carboxylic acid groups (broad SMARTS) is 4. The fraction of sp³-hybridized carbons (Fsp3) is 0. The molecule has 0 aliphatic heterocycles. The second-order valence-corrected chi connectivity index (χ2v) is 0.843. The zero-order chi connectivity index (χ0) is 8.73. The first-order valence-corrected chi connectivity index (χ1v) is 1.70. The van der Waals surface area contributed by atoms with Gasteiger partial charge in [-0.3, -0.25) is 0 Å². The Morgan fingerprint density at radius 2 is 1.09 bits per heavy atom. The van der Waals surface area contributed by atoms with Crippen LogP contribution in [0.1, 0.15) is 0 Å². The van der Waals surface area contributed by atoms with Crippen LogP contribution in [-0.4, -0.2) is 23.2 Å². The van der Waals surface area contributed by atoms with Crippen molar-refractivity contribution >= 4 is 18.1 Å². The molecule has 0 aromatic rings. The van der Waals surface area contributed by atoms with Gasteiger partial charge in [0.2, 0.25) is 0 Å². The molecule has 0 fully saturated rings. The minimum absolute atomic E-state index is 0. The Morgan fingerprint density at radius 3 is 1.09 bits per heavy atom. The second kappa shape index (κ2) is 9.59. The Balaban J connectivity index is -0.000000114. The summed E-state index contributed by atoms with van der Waals surface area (Å²) in [5.74, 6) is -4.01. The van der Waals surface area contributed by atoms with E-state index in [1.807, 2.05) is 0 Å². The van der Waals surface area contributed by atoms with E-state index in [1.54, 1.807) is 0 Å². The molecular weight excluding hydrogens is 288 g/mol. The van der Waals surface area contributed by atoms with Crippen molar-refractivity contribution in [2.75, 3.05) is 0 Å². The summed E-state index contributed by atoms with van der Waals surface area (Å²) in [6, 6.07) is 0. The minimum Gasteiger partial charge on any atom is -0.652 e. The van der Waals surface area contributed by atoms with Crippen molar-refractivity contribution in [1.29, 1.82) is 0 Å². The van der Waals surface area contributed by atoms with Crippen LogP contribution < -0.4 is 15.3 Å². The Labute approximate surface area is 94.0 Å². The van der Waals surface area contributed by atoms with Crippen LogP contribution in [0.5, 0.6) is 0 Å². The normalized spacial score (nSPS) is 6.18. The zero-order valence-electron chi connectivity index (χ0n) is 4.90. The standard InChI is InChI=1S/C2H2O4.CH2O3.Ce/c3-1(4)2(5)6;2-1(3)4;/h(H,3,4)(H,5,6);(H2,2,3,4);/q;;+3/p-3. The first-order valence-electron chi connectivity index (χ1n) is 1.70. The number of carboxylic acids is 2. The van der Waals surface area contributed by atoms with E-state index in [1.165, 1.54) is 0 Å². The van der Waals surface area contributed by atoms with Gasteiger partial charge in [0.25, 0.3) is 0 Å². The number of hydrogen-bond donors (Lipinski definition) is 1. The molecule has 0 rings (SSSR count). The van der Waals surface area contributed by atoms with Crippen molar-refractivity contribution in [2.24, 2.45) is 0 Å². The molecule has 0 bridgehead atoms. The third kappa shape index (κ3) is 42.9. The summed E-state index contributed by atoms with van der Waals surface area (Å²) in [6.07, 6.45) is -2.33. The Kier molecular flexibility index (Phi) is 14.7. The summed E-state index contributed by atoms with van der Waals surface area (Å²) in [4.78, 5) is 26.4. The first-order chi connectivity index (χ1) is 4.37. The predicted molar refractivity (Wildman–Crippen MR) is 18.0 cm³/mol. The SMILES string of the molecule is O=C([O-])C(=O)O.O=C([O-])[O-].[Ce+3]. The molecule has 0 aliphatic rings. The molecule has 8 heteroatoms. The van der Waals surface area contributed by atoms with Gasteiger partial charge in [-0.05, 0) is 6.16 Å². The van der Waals surface area contributed by atoms with Gasteiger partial charge < -0.3 is 30.0 Å². The number of carbonyl (C=O) groups is 3. The molecule has 7 nitrogen and oxygen atoms in total. The fourth-order valence-electron chi connectivity index (χ4n) is 0. The van der Waals surface area contributed by atoms with E-state index in [0.717, 1.165) is 0 Å². The largest absolute Gasteiger partial charge is 3.00 e. The molecule has 0 aromatic carbocycles. The summed E-state index contributed by atoms with van der Waals surface area (Å²) in [6.45, 7) is 0. The van der Waals surface area contributed by atoms with Crippen LogP contribution in [0.3, 0.4) is 0 Å². The second-order valence-electron chi connectivity index (χ2n) is 0.843. The molecule has 0 unspecified atom stereocenters. The van der Waals surface area contributed by atoms with Crippen molar-refractivity contribution in [3.05, 3.63) is 0 Å². The molecule has 0 heterocycles. The summed E-state index contributed by atoms with van der Waals surface area (Å²) >= 11 is 0. The summed E-state index contributed by atoms with van der Waals surface area (Å²) < 4.78 is 0. The van der Waals surface area contributed by atoms with Gasteiger partial charge in [-0.25, -0.2) is 4.79 Å². The number of hydrogen-bond acceptors (Lipinski definition) is 6. The van der Waals surface area contributed by atoms with Gasteiger partial charge in [0.1, 0.15) is 0 Å². The van der Waals surface area contributed by atoms with E-state index in [9.17, 15) is 0 Å². The zero-order valence-corrected chi connectivity index (χ0v) is 8.04. The number of rotatable bonds is 0. The fourth-order valence-corrected chi connectivity index (χ4v) is 0. The van der Waals surface area contributed by atoms with Crippen molar-refractivity contribution in [1.82, 2.24) is 0 Å². The average Bonchev–Trinajstić information content (AvgIpc) is 1.63. The van der Waals surface area contributed by atoms with Gasteiger partial charge in [0, 0.05) is 0 Å². The van der Waals surface area contributed by atoms with Gasteiger partial charge in [0.05, 0.1) is 0 Å². The van der Waals surface area contributed by atoms with Crippen molar-refractivity contribution in [3.63, 3.8) is 0 Å². The van der Waals surface area contributed by atoms with Crippen molar-refractivity contribution in [3.8, 4) is 0 Å². The van der Waals surface area contributed by atoms with Crippen molar-refractivity contribution < 1.29 is 76.6 Å². The quantitative estimate of drug-likeness (QED) is 0.442. The molecular formula is C3HCeO7. The van der Waals surface area contributed by atoms with E-state index in [2.05, 4.69) is 0 Å². The molecule has 59 valence electrons. The van der Waals surface area contributed by atoms with Crippen LogP contribution in [0.4, 0.5) is 4.79 Å². The smallest absolute Gasteiger partial charge is 0.652 e. The predicted octanol–water partition coefficient (Wildman–Crippen LogP) is -4.63. The van der Waals surface area contributed by atoms with Gasteiger partial charge >= 0.3 is 47.7 Å². The number of carbonyl (C=O) groups excluding carboxylic acids is 2. The van der Waals surface area contributed by atoms with E-state index in [4.69, 9.17) is 34.8 Å². The van der Waals surface area contributed by atoms with Gasteiger partial charge in [-0.2, -0.15) is 0 Å². The molecule has 1 N–H and O–H groups in total. The van der Waals surface area contributed by atoms with Crippen LogP contribution in [0.25, 0.3) is 0 Å². The topological polar surface area (TPSA) is 141 Å². The monoisotopic (exact) mass is 289 g/mol. The molecule has 1 radical (unpaired) electrons. The van der Waals surface area contributed by atoms with E-state index in [-0.39, 0.29) is 41.7 Å². The molecule has 11 heavy (non-hydrogen) atoms. The maximum absolute atomic E-state index is 9.04.